The van der Waals surface area contributed by atoms with Crippen LogP contribution in [0.4, 0.5) is 0 Å². The van der Waals surface area contributed by atoms with E-state index in [1.54, 1.807) is 0 Å². The summed E-state index contributed by atoms with van der Waals surface area (Å²) in [5, 5.41) is 0. The van der Waals surface area contributed by atoms with Gasteiger partial charge in [-0.3, -0.25) is 4.79 Å². The standard InChI is InChI=1S/C6H15N3O3S/c1-5(2)3-8-13(11,12)9-4-6(7)10/h5,8-9H,3-4H2,1-2H3,(H2,7,10). The van der Waals surface area contributed by atoms with Crippen molar-refractivity contribution in [1.82, 2.24) is 9.44 Å². The third-order valence-corrected chi connectivity index (χ3v) is 2.19. The fraction of sp³-hybridized carbons (Fsp3) is 0.833. The topological polar surface area (TPSA) is 101 Å². The van der Waals surface area contributed by atoms with Gasteiger partial charge in [0.25, 0.3) is 10.2 Å². The average Bonchev–Trinajstić information content (AvgIpc) is 1.98. The summed E-state index contributed by atoms with van der Waals surface area (Å²) in [5.74, 6) is -0.500. The first-order valence-corrected chi connectivity index (χ1v) is 5.34. The van der Waals surface area contributed by atoms with Crippen molar-refractivity contribution < 1.29 is 13.2 Å². The Morgan fingerprint density at radius 3 is 2.31 bits per heavy atom. The molecule has 0 unspecified atom stereocenters. The maximum Gasteiger partial charge on any atom is 0.277 e. The molecule has 13 heavy (non-hydrogen) atoms. The van der Waals surface area contributed by atoms with Gasteiger partial charge in [-0.25, -0.2) is 4.72 Å². The van der Waals surface area contributed by atoms with Crippen molar-refractivity contribution in [3.8, 4) is 0 Å². The molecule has 0 spiro atoms. The molecular weight excluding hydrogens is 194 g/mol. The summed E-state index contributed by atoms with van der Waals surface area (Å²) in [7, 11) is -3.57. The minimum absolute atomic E-state index is 0.213. The summed E-state index contributed by atoms with van der Waals surface area (Å²) in [6, 6.07) is 0. The van der Waals surface area contributed by atoms with Gasteiger partial charge in [-0.1, -0.05) is 13.8 Å². The van der Waals surface area contributed by atoms with E-state index >= 15 is 0 Å². The lowest BCUT2D eigenvalue weighted by Gasteiger charge is -2.08. The molecule has 0 rings (SSSR count). The van der Waals surface area contributed by atoms with E-state index in [2.05, 4.69) is 4.72 Å². The number of carbonyl (C=O) groups is 1. The van der Waals surface area contributed by atoms with E-state index < -0.39 is 16.1 Å². The van der Waals surface area contributed by atoms with Crippen molar-refractivity contribution in [3.63, 3.8) is 0 Å². The molecule has 0 saturated carbocycles. The van der Waals surface area contributed by atoms with Crippen LogP contribution in [-0.4, -0.2) is 27.4 Å². The lowest BCUT2D eigenvalue weighted by molar-refractivity contribution is -0.116. The highest BCUT2D eigenvalue weighted by molar-refractivity contribution is 7.87. The van der Waals surface area contributed by atoms with Gasteiger partial charge in [-0.2, -0.15) is 13.1 Å². The summed E-state index contributed by atoms with van der Waals surface area (Å²) in [6.45, 7) is 3.69. The Kier molecular flexibility index (Phi) is 4.89. The summed E-state index contributed by atoms with van der Waals surface area (Å²) in [4.78, 5) is 10.3. The van der Waals surface area contributed by atoms with Gasteiger partial charge >= 0.3 is 0 Å². The number of carbonyl (C=O) groups excluding carboxylic acids is 1. The number of amides is 1. The zero-order chi connectivity index (χ0) is 10.5. The normalized spacial score (nSPS) is 11.9. The van der Waals surface area contributed by atoms with Gasteiger partial charge in [0.2, 0.25) is 5.91 Å². The van der Waals surface area contributed by atoms with Gasteiger partial charge in [-0.05, 0) is 5.92 Å². The number of primary amides is 1. The van der Waals surface area contributed by atoms with E-state index in [0.29, 0.717) is 6.54 Å². The molecule has 0 aromatic carbocycles. The van der Waals surface area contributed by atoms with E-state index in [1.165, 1.54) is 0 Å². The van der Waals surface area contributed by atoms with Crippen LogP contribution in [0.15, 0.2) is 0 Å². The predicted octanol–water partition coefficient (Wildman–Crippen LogP) is -1.45. The molecule has 0 aliphatic carbocycles. The Morgan fingerprint density at radius 2 is 1.92 bits per heavy atom. The molecule has 0 atom stereocenters. The lowest BCUT2D eigenvalue weighted by Crippen LogP contribution is -2.42. The number of nitrogens with one attached hydrogen (secondary N) is 2. The molecule has 0 saturated heterocycles. The summed E-state index contributed by atoms with van der Waals surface area (Å²) in [5.41, 5.74) is 4.76. The molecule has 0 heterocycles. The number of hydrogen-bond donors (Lipinski definition) is 3. The van der Waals surface area contributed by atoms with Crippen LogP contribution < -0.4 is 15.2 Å². The Labute approximate surface area is 78.1 Å². The molecule has 4 N–H and O–H groups in total. The van der Waals surface area contributed by atoms with Gasteiger partial charge < -0.3 is 5.73 Å². The Hall–Kier alpha value is -0.660. The minimum atomic E-state index is -3.57. The second kappa shape index (κ2) is 5.15. The van der Waals surface area contributed by atoms with Crippen LogP contribution in [0, 0.1) is 5.92 Å². The Morgan fingerprint density at radius 1 is 1.38 bits per heavy atom. The number of hydrogen-bond acceptors (Lipinski definition) is 3. The lowest BCUT2D eigenvalue weighted by atomic mass is 10.2. The van der Waals surface area contributed by atoms with Gasteiger partial charge in [-0.15, -0.1) is 0 Å². The summed E-state index contributed by atoms with van der Waals surface area (Å²) in [6.07, 6.45) is 0. The molecule has 0 aliphatic rings. The zero-order valence-corrected chi connectivity index (χ0v) is 8.52. The van der Waals surface area contributed by atoms with Crippen LogP contribution in [0.2, 0.25) is 0 Å². The van der Waals surface area contributed by atoms with Crippen LogP contribution >= 0.6 is 0 Å². The van der Waals surface area contributed by atoms with Crippen molar-refractivity contribution >= 4 is 16.1 Å². The molecule has 6 nitrogen and oxygen atoms in total. The predicted molar refractivity (Wildman–Crippen MR) is 49.0 cm³/mol. The maximum atomic E-state index is 11.0. The largest absolute Gasteiger partial charge is 0.369 e. The van der Waals surface area contributed by atoms with Crippen molar-refractivity contribution in [2.45, 2.75) is 13.8 Å². The first kappa shape index (κ1) is 12.3. The number of nitrogens with two attached hydrogens (primary N) is 1. The summed E-state index contributed by atoms with van der Waals surface area (Å²) < 4.78 is 26.3. The third kappa shape index (κ3) is 7.69. The molecule has 0 radical (unpaired) electrons. The highest BCUT2D eigenvalue weighted by Gasteiger charge is 2.09. The smallest absolute Gasteiger partial charge is 0.277 e. The van der Waals surface area contributed by atoms with Crippen LogP contribution in [0.3, 0.4) is 0 Å². The Balaban J connectivity index is 3.88. The summed E-state index contributed by atoms with van der Waals surface area (Å²) >= 11 is 0. The van der Waals surface area contributed by atoms with E-state index in [9.17, 15) is 13.2 Å². The molecule has 78 valence electrons. The number of rotatable bonds is 6. The van der Waals surface area contributed by atoms with Gasteiger partial charge in [0.1, 0.15) is 0 Å². The van der Waals surface area contributed by atoms with Crippen LogP contribution in [0.25, 0.3) is 0 Å². The highest BCUT2D eigenvalue weighted by Crippen LogP contribution is 1.88. The molecule has 0 aromatic heterocycles. The Bertz CT molecular complexity index is 260. The van der Waals surface area contributed by atoms with Gasteiger partial charge in [0.15, 0.2) is 0 Å². The van der Waals surface area contributed by atoms with E-state index in [1.807, 2.05) is 18.6 Å². The van der Waals surface area contributed by atoms with Gasteiger partial charge in [0.05, 0.1) is 6.54 Å². The third-order valence-electron chi connectivity index (χ3n) is 1.12. The molecule has 0 bridgehead atoms. The molecular formula is C6H15N3O3S. The van der Waals surface area contributed by atoms with Crippen molar-refractivity contribution in [3.05, 3.63) is 0 Å². The quantitative estimate of drug-likeness (QED) is 0.499. The van der Waals surface area contributed by atoms with E-state index in [0.717, 1.165) is 0 Å². The molecule has 0 aromatic rings. The highest BCUT2D eigenvalue weighted by atomic mass is 32.2. The van der Waals surface area contributed by atoms with Gasteiger partial charge in [0, 0.05) is 6.54 Å². The zero-order valence-electron chi connectivity index (χ0n) is 7.70. The van der Waals surface area contributed by atoms with Crippen molar-refractivity contribution in [2.75, 3.05) is 13.1 Å². The van der Waals surface area contributed by atoms with Crippen LogP contribution in [0.1, 0.15) is 13.8 Å². The molecule has 0 fully saturated rings. The van der Waals surface area contributed by atoms with Crippen LogP contribution in [-0.2, 0) is 15.0 Å². The van der Waals surface area contributed by atoms with Crippen molar-refractivity contribution in [2.24, 2.45) is 11.7 Å². The monoisotopic (exact) mass is 209 g/mol. The SMILES string of the molecule is CC(C)CNS(=O)(=O)NCC(N)=O. The first-order chi connectivity index (χ1) is 5.83. The second-order valence-electron chi connectivity index (χ2n) is 3.03. The fourth-order valence-electron chi connectivity index (χ4n) is 0.494. The van der Waals surface area contributed by atoms with E-state index in [4.69, 9.17) is 5.73 Å². The fourth-order valence-corrected chi connectivity index (χ4v) is 1.48. The maximum absolute atomic E-state index is 11.0. The first-order valence-electron chi connectivity index (χ1n) is 3.86. The van der Waals surface area contributed by atoms with Crippen LogP contribution in [0.5, 0.6) is 0 Å². The molecule has 1 amide bonds. The van der Waals surface area contributed by atoms with Crippen molar-refractivity contribution in [1.29, 1.82) is 0 Å². The molecule has 7 heteroatoms. The second-order valence-corrected chi connectivity index (χ2v) is 4.62. The van der Waals surface area contributed by atoms with E-state index in [-0.39, 0.29) is 12.5 Å². The average molecular weight is 209 g/mol. The minimum Gasteiger partial charge on any atom is -0.369 e. The molecule has 0 aliphatic heterocycles.